The van der Waals surface area contributed by atoms with Crippen molar-refractivity contribution in [1.29, 1.82) is 0 Å². The van der Waals surface area contributed by atoms with Gasteiger partial charge >= 0.3 is 0 Å². The van der Waals surface area contributed by atoms with Crippen LogP contribution >= 0.6 is 0 Å². The van der Waals surface area contributed by atoms with Gasteiger partial charge in [0, 0.05) is 24.6 Å². The van der Waals surface area contributed by atoms with Crippen molar-refractivity contribution in [2.75, 3.05) is 6.26 Å². The first-order valence-electron chi connectivity index (χ1n) is 9.22. The third-order valence-corrected chi connectivity index (χ3v) is 4.88. The smallest absolute Gasteiger partial charge is 0.240 e. The van der Waals surface area contributed by atoms with Gasteiger partial charge < -0.3 is 14.6 Å². The van der Waals surface area contributed by atoms with E-state index in [0.717, 1.165) is 11.8 Å². The first-order chi connectivity index (χ1) is 13.7. The molecule has 0 radical (unpaired) electrons. The van der Waals surface area contributed by atoms with Crippen LogP contribution in [0.25, 0.3) is 11.0 Å². The van der Waals surface area contributed by atoms with Crippen LogP contribution in [0.2, 0.25) is 0 Å². The minimum Gasteiger partial charge on any atom is -0.475 e. The minimum absolute atomic E-state index is 0.0322. The van der Waals surface area contributed by atoms with Gasteiger partial charge in [-0.1, -0.05) is 18.2 Å². The first-order valence-corrected chi connectivity index (χ1v) is 11.3. The lowest BCUT2D eigenvalue weighted by atomic mass is 10.2. The number of hydrogen-bond donors (Lipinski definition) is 1. The summed E-state index contributed by atoms with van der Waals surface area (Å²) in [6.45, 7) is 4.03. The molecule has 0 spiro atoms. The Bertz CT molecular complexity index is 1120. The standard InChI is InChI=1S/C20H24N4O4S/c1-14(2)28-20-15(7-6-10-21-20)11-22-19(25)12-24-17-9-5-4-8-16(17)23-18(24)13-29(3,26)27/h4-10,14H,11-13H2,1-3H3,(H,22,25). The largest absolute Gasteiger partial charge is 0.475 e. The summed E-state index contributed by atoms with van der Waals surface area (Å²) in [5.41, 5.74) is 2.13. The topological polar surface area (TPSA) is 103 Å². The average molecular weight is 417 g/mol. The minimum atomic E-state index is -3.30. The van der Waals surface area contributed by atoms with Gasteiger partial charge in [-0.25, -0.2) is 18.4 Å². The molecule has 2 heterocycles. The number of carbonyl (C=O) groups excluding carboxylic acids is 1. The number of fused-ring (bicyclic) bond motifs is 1. The van der Waals surface area contributed by atoms with Crippen molar-refractivity contribution in [3.8, 4) is 5.88 Å². The van der Waals surface area contributed by atoms with Crippen LogP contribution in [0.3, 0.4) is 0 Å². The fraction of sp³-hybridized carbons (Fsp3) is 0.350. The number of para-hydroxylation sites is 2. The molecule has 1 amide bonds. The number of ether oxygens (including phenoxy) is 1. The third-order valence-electron chi connectivity index (χ3n) is 4.10. The Morgan fingerprint density at radius 3 is 2.69 bits per heavy atom. The third kappa shape index (κ3) is 5.54. The number of benzene rings is 1. The van der Waals surface area contributed by atoms with Crippen LogP contribution in [-0.2, 0) is 33.5 Å². The Labute approximate surface area is 169 Å². The SMILES string of the molecule is CC(C)Oc1ncccc1CNC(=O)Cn1c(CS(C)(=O)=O)nc2ccccc21. The van der Waals surface area contributed by atoms with Crippen LogP contribution in [0, 0.1) is 0 Å². The van der Waals surface area contributed by atoms with Gasteiger partial charge in [-0.3, -0.25) is 4.79 Å². The molecule has 0 aliphatic rings. The van der Waals surface area contributed by atoms with Crippen molar-refractivity contribution in [3.63, 3.8) is 0 Å². The van der Waals surface area contributed by atoms with Gasteiger partial charge in [-0.15, -0.1) is 0 Å². The zero-order valence-corrected chi connectivity index (χ0v) is 17.4. The number of pyridine rings is 1. The lowest BCUT2D eigenvalue weighted by Gasteiger charge is -2.14. The van der Waals surface area contributed by atoms with E-state index in [2.05, 4.69) is 15.3 Å². The monoisotopic (exact) mass is 416 g/mol. The Balaban J connectivity index is 1.78. The number of sulfone groups is 1. The molecule has 1 N–H and O–H groups in total. The molecule has 9 heteroatoms. The second kappa shape index (κ2) is 8.60. The van der Waals surface area contributed by atoms with E-state index >= 15 is 0 Å². The predicted octanol–water partition coefficient (Wildman–Crippen LogP) is 2.08. The van der Waals surface area contributed by atoms with E-state index in [4.69, 9.17) is 4.74 Å². The molecule has 29 heavy (non-hydrogen) atoms. The number of amides is 1. The molecule has 0 bridgehead atoms. The molecule has 0 aliphatic heterocycles. The fourth-order valence-electron chi connectivity index (χ4n) is 2.93. The lowest BCUT2D eigenvalue weighted by molar-refractivity contribution is -0.121. The molecular formula is C20H24N4O4S. The van der Waals surface area contributed by atoms with Crippen LogP contribution in [0.5, 0.6) is 5.88 Å². The van der Waals surface area contributed by atoms with E-state index < -0.39 is 9.84 Å². The van der Waals surface area contributed by atoms with Gasteiger partial charge in [0.15, 0.2) is 9.84 Å². The number of nitrogens with zero attached hydrogens (tertiary/aromatic N) is 3. The Morgan fingerprint density at radius 1 is 1.21 bits per heavy atom. The van der Waals surface area contributed by atoms with Crippen molar-refractivity contribution in [1.82, 2.24) is 19.9 Å². The summed E-state index contributed by atoms with van der Waals surface area (Å²) in [7, 11) is -3.30. The molecule has 0 saturated carbocycles. The highest BCUT2D eigenvalue weighted by molar-refractivity contribution is 7.89. The summed E-state index contributed by atoms with van der Waals surface area (Å²) in [5.74, 6) is 0.328. The second-order valence-electron chi connectivity index (χ2n) is 7.08. The molecule has 154 valence electrons. The molecule has 0 atom stereocenters. The van der Waals surface area contributed by atoms with Crippen molar-refractivity contribution in [2.45, 2.75) is 38.8 Å². The van der Waals surface area contributed by atoms with Crippen LogP contribution < -0.4 is 10.1 Å². The number of carbonyl (C=O) groups is 1. The van der Waals surface area contributed by atoms with Crippen LogP contribution in [-0.4, -0.2) is 41.2 Å². The molecule has 8 nitrogen and oxygen atoms in total. The normalized spacial score (nSPS) is 11.7. The van der Waals surface area contributed by atoms with E-state index in [-0.39, 0.29) is 30.9 Å². The molecule has 0 saturated heterocycles. The quantitative estimate of drug-likeness (QED) is 0.603. The Hall–Kier alpha value is -2.94. The van der Waals surface area contributed by atoms with Crippen molar-refractivity contribution in [3.05, 3.63) is 54.0 Å². The fourth-order valence-corrected chi connectivity index (χ4v) is 3.62. The maximum absolute atomic E-state index is 12.6. The molecule has 0 unspecified atom stereocenters. The highest BCUT2D eigenvalue weighted by atomic mass is 32.2. The maximum atomic E-state index is 12.6. The summed E-state index contributed by atoms with van der Waals surface area (Å²) >= 11 is 0. The van der Waals surface area contributed by atoms with Crippen LogP contribution in [0.15, 0.2) is 42.6 Å². The second-order valence-corrected chi connectivity index (χ2v) is 9.22. The summed E-state index contributed by atoms with van der Waals surface area (Å²) in [4.78, 5) is 21.2. The highest BCUT2D eigenvalue weighted by Crippen LogP contribution is 2.18. The number of hydrogen-bond acceptors (Lipinski definition) is 6. The first kappa shape index (κ1) is 20.8. The Kier molecular flexibility index (Phi) is 6.17. The van der Waals surface area contributed by atoms with Crippen LogP contribution in [0.1, 0.15) is 25.2 Å². The van der Waals surface area contributed by atoms with Crippen molar-refractivity contribution >= 4 is 26.8 Å². The average Bonchev–Trinajstić information content (AvgIpc) is 2.96. The maximum Gasteiger partial charge on any atom is 0.240 e. The van der Waals surface area contributed by atoms with Gasteiger partial charge in [0.25, 0.3) is 0 Å². The van der Waals surface area contributed by atoms with Gasteiger partial charge in [0.1, 0.15) is 18.1 Å². The van der Waals surface area contributed by atoms with E-state index in [0.29, 0.717) is 22.7 Å². The molecule has 3 aromatic rings. The zero-order valence-electron chi connectivity index (χ0n) is 16.6. The number of imidazole rings is 1. The van der Waals surface area contributed by atoms with Gasteiger partial charge in [-0.2, -0.15) is 0 Å². The van der Waals surface area contributed by atoms with E-state index in [1.165, 1.54) is 0 Å². The van der Waals surface area contributed by atoms with Gasteiger partial charge in [0.05, 0.1) is 17.1 Å². The molecule has 2 aromatic heterocycles. The summed E-state index contributed by atoms with van der Waals surface area (Å²) in [6, 6.07) is 10.9. The molecule has 0 aliphatic carbocycles. The summed E-state index contributed by atoms with van der Waals surface area (Å²) in [5, 5.41) is 2.85. The zero-order chi connectivity index (χ0) is 21.0. The van der Waals surface area contributed by atoms with Gasteiger partial charge in [0.2, 0.25) is 11.8 Å². The van der Waals surface area contributed by atoms with Crippen molar-refractivity contribution in [2.24, 2.45) is 0 Å². The lowest BCUT2D eigenvalue weighted by Crippen LogP contribution is -2.28. The highest BCUT2D eigenvalue weighted by Gasteiger charge is 2.17. The number of nitrogens with one attached hydrogen (secondary N) is 1. The molecule has 0 fully saturated rings. The number of aromatic nitrogens is 3. The number of rotatable bonds is 8. The Morgan fingerprint density at radius 2 is 1.97 bits per heavy atom. The van der Waals surface area contributed by atoms with Gasteiger partial charge in [-0.05, 0) is 32.0 Å². The summed E-state index contributed by atoms with van der Waals surface area (Å²) < 4.78 is 30.9. The molecule has 3 rings (SSSR count). The molecular weight excluding hydrogens is 392 g/mol. The van der Waals surface area contributed by atoms with E-state index in [9.17, 15) is 13.2 Å². The van der Waals surface area contributed by atoms with E-state index in [1.54, 1.807) is 22.9 Å². The van der Waals surface area contributed by atoms with E-state index in [1.807, 2.05) is 38.1 Å². The summed E-state index contributed by atoms with van der Waals surface area (Å²) in [6.07, 6.45) is 2.75. The predicted molar refractivity (Wildman–Crippen MR) is 110 cm³/mol. The van der Waals surface area contributed by atoms with Crippen LogP contribution in [0.4, 0.5) is 0 Å². The molecule has 1 aromatic carbocycles. The van der Waals surface area contributed by atoms with Crippen molar-refractivity contribution < 1.29 is 17.9 Å².